The molecule has 8 heteroatoms. The van der Waals surface area contributed by atoms with E-state index in [4.69, 9.17) is 9.47 Å². The number of ether oxygens (including phenoxy) is 2. The number of Topliss-reactive ketones (excluding diaryl/α,β-unsaturated/α-hetero) is 1. The van der Waals surface area contributed by atoms with Crippen molar-refractivity contribution in [1.29, 1.82) is 0 Å². The summed E-state index contributed by atoms with van der Waals surface area (Å²) in [5, 5.41) is 11.5. The molecule has 0 aromatic rings. The van der Waals surface area contributed by atoms with Gasteiger partial charge in [0.15, 0.2) is 28.6 Å². The Bertz CT molecular complexity index is 996. The monoisotopic (exact) mass is 496 g/mol. The Morgan fingerprint density at radius 1 is 1.24 bits per heavy atom. The zero-order valence-electron chi connectivity index (χ0n) is 20.4. The molecular formula is C26H34F2O5S. The molecule has 1 heterocycles. The standard InChI is InChI=1S/C26H34F2O5S/c1-6-34-13-20(31)26-21(32-22(2,3)33-26)11-15-16-10-18(27)17-9-14(29)7-8-23(17,4)25(16,28)19(30)12-24(15,26)5/h7-9,15-16,18-19,21,30H,6,10-13H2,1-5H3/t15-,16-,18-,19-,21+,23+,24-,25-,26+/m0/s1. The average molecular weight is 497 g/mol. The van der Waals surface area contributed by atoms with Crippen molar-refractivity contribution in [3.05, 3.63) is 23.8 Å². The fourth-order valence-corrected chi connectivity index (χ4v) is 8.71. The van der Waals surface area contributed by atoms with Gasteiger partial charge in [-0.05, 0) is 69.4 Å². The lowest BCUT2D eigenvalue weighted by atomic mass is 9.44. The van der Waals surface area contributed by atoms with Crippen LogP contribution < -0.4 is 0 Å². The summed E-state index contributed by atoms with van der Waals surface area (Å²) in [6, 6.07) is 0. The Kier molecular flexibility index (Phi) is 5.40. The molecule has 0 bridgehead atoms. The molecule has 0 aromatic heterocycles. The van der Waals surface area contributed by atoms with Crippen LogP contribution in [0.3, 0.4) is 0 Å². The van der Waals surface area contributed by atoms with E-state index in [1.807, 2.05) is 13.8 Å². The highest BCUT2D eigenvalue weighted by atomic mass is 32.2. The number of hydrogen-bond donors (Lipinski definition) is 1. The van der Waals surface area contributed by atoms with Crippen molar-refractivity contribution in [3.8, 4) is 0 Å². The molecule has 1 N–H and O–H groups in total. The molecule has 1 aliphatic heterocycles. The highest BCUT2D eigenvalue weighted by Crippen LogP contribution is 2.72. The molecule has 9 atom stereocenters. The fourth-order valence-electron chi connectivity index (χ4n) is 8.10. The van der Waals surface area contributed by atoms with Crippen LogP contribution in [0.5, 0.6) is 0 Å². The van der Waals surface area contributed by atoms with Gasteiger partial charge in [0.25, 0.3) is 0 Å². The number of aliphatic hydroxyl groups is 1. The average Bonchev–Trinajstić information content (AvgIpc) is 3.16. The van der Waals surface area contributed by atoms with Crippen LogP contribution in [0.1, 0.15) is 53.9 Å². The molecule has 4 fully saturated rings. The van der Waals surface area contributed by atoms with Gasteiger partial charge in [-0.2, -0.15) is 11.8 Å². The highest BCUT2D eigenvalue weighted by molar-refractivity contribution is 7.99. The van der Waals surface area contributed by atoms with Gasteiger partial charge in [-0.1, -0.05) is 19.9 Å². The van der Waals surface area contributed by atoms with Crippen molar-refractivity contribution in [3.63, 3.8) is 0 Å². The van der Waals surface area contributed by atoms with Gasteiger partial charge in [-0.3, -0.25) is 9.59 Å². The lowest BCUT2D eigenvalue weighted by Gasteiger charge is -2.63. The summed E-state index contributed by atoms with van der Waals surface area (Å²) in [7, 11) is 0. The fraction of sp³-hybridized carbons (Fsp3) is 0.769. The first kappa shape index (κ1) is 24.6. The Morgan fingerprint density at radius 2 is 1.94 bits per heavy atom. The number of aliphatic hydroxyl groups excluding tert-OH is 1. The summed E-state index contributed by atoms with van der Waals surface area (Å²) in [5.41, 5.74) is -5.79. The van der Waals surface area contributed by atoms with E-state index in [9.17, 15) is 14.7 Å². The summed E-state index contributed by atoms with van der Waals surface area (Å²) in [6.45, 7) is 8.98. The molecule has 188 valence electrons. The van der Waals surface area contributed by atoms with Crippen LogP contribution in [-0.2, 0) is 19.1 Å². The van der Waals surface area contributed by atoms with Gasteiger partial charge in [-0.25, -0.2) is 8.78 Å². The van der Waals surface area contributed by atoms with Crippen molar-refractivity contribution in [2.24, 2.45) is 22.7 Å². The first-order chi connectivity index (χ1) is 15.8. The van der Waals surface area contributed by atoms with E-state index in [1.165, 1.54) is 30.0 Å². The van der Waals surface area contributed by atoms with Crippen LogP contribution >= 0.6 is 11.8 Å². The molecule has 0 unspecified atom stereocenters. The number of alkyl halides is 2. The molecule has 0 amide bonds. The van der Waals surface area contributed by atoms with Gasteiger partial charge in [0.05, 0.1) is 18.0 Å². The number of fused-ring (bicyclic) bond motifs is 7. The van der Waals surface area contributed by atoms with Crippen molar-refractivity contribution < 1.29 is 33.0 Å². The number of thioether (sulfide) groups is 1. The maximum absolute atomic E-state index is 17.3. The second-order valence-electron chi connectivity index (χ2n) is 11.5. The summed E-state index contributed by atoms with van der Waals surface area (Å²) in [4.78, 5) is 25.8. The van der Waals surface area contributed by atoms with Crippen LogP contribution in [0.25, 0.3) is 0 Å². The number of halogens is 2. The van der Waals surface area contributed by atoms with Crippen LogP contribution in [0.4, 0.5) is 8.78 Å². The Morgan fingerprint density at radius 3 is 2.62 bits per heavy atom. The van der Waals surface area contributed by atoms with Gasteiger partial charge in [-0.15, -0.1) is 0 Å². The van der Waals surface area contributed by atoms with Crippen molar-refractivity contribution >= 4 is 23.3 Å². The number of carbonyl (C=O) groups excluding carboxylic acids is 2. The third kappa shape index (κ3) is 2.83. The van der Waals surface area contributed by atoms with E-state index in [0.29, 0.717) is 6.42 Å². The summed E-state index contributed by atoms with van der Waals surface area (Å²) >= 11 is 1.49. The Balaban J connectivity index is 1.63. The van der Waals surface area contributed by atoms with Crippen molar-refractivity contribution in [2.75, 3.05) is 11.5 Å². The van der Waals surface area contributed by atoms with E-state index >= 15 is 8.78 Å². The maximum Gasteiger partial charge on any atom is 0.178 e. The van der Waals surface area contributed by atoms with Crippen molar-refractivity contribution in [2.45, 2.75) is 89.3 Å². The maximum atomic E-state index is 17.3. The summed E-state index contributed by atoms with van der Waals surface area (Å²) in [5.74, 6) is -1.77. The molecule has 3 saturated carbocycles. The highest BCUT2D eigenvalue weighted by Gasteiger charge is 2.80. The van der Waals surface area contributed by atoms with Crippen molar-refractivity contribution in [1.82, 2.24) is 0 Å². The second-order valence-corrected chi connectivity index (χ2v) is 12.8. The van der Waals surface area contributed by atoms with E-state index in [0.717, 1.165) is 5.75 Å². The van der Waals surface area contributed by atoms with Crippen LogP contribution in [-0.4, -0.2) is 63.6 Å². The minimum absolute atomic E-state index is 0.00918. The molecule has 0 spiro atoms. The third-order valence-corrected chi connectivity index (χ3v) is 10.3. The van der Waals surface area contributed by atoms with Gasteiger partial charge in [0, 0.05) is 16.7 Å². The minimum Gasteiger partial charge on any atom is -0.390 e. The quantitative estimate of drug-likeness (QED) is 0.631. The predicted molar refractivity (Wildman–Crippen MR) is 125 cm³/mol. The zero-order valence-corrected chi connectivity index (χ0v) is 21.2. The summed E-state index contributed by atoms with van der Waals surface area (Å²) < 4.78 is 45.6. The Hall–Kier alpha value is -1.09. The second kappa shape index (κ2) is 7.46. The number of ketones is 2. The first-order valence-corrected chi connectivity index (χ1v) is 13.4. The topological polar surface area (TPSA) is 72.8 Å². The minimum atomic E-state index is -2.18. The molecule has 5 nitrogen and oxygen atoms in total. The number of rotatable bonds is 4. The summed E-state index contributed by atoms with van der Waals surface area (Å²) in [6.07, 6.45) is 0.513. The molecule has 0 radical (unpaired) electrons. The first-order valence-electron chi connectivity index (χ1n) is 12.2. The van der Waals surface area contributed by atoms with E-state index in [-0.39, 0.29) is 35.7 Å². The largest absolute Gasteiger partial charge is 0.390 e. The number of allylic oxidation sites excluding steroid dienone is 4. The lowest BCUT2D eigenvalue weighted by molar-refractivity contribution is -0.247. The van der Waals surface area contributed by atoms with E-state index < -0.39 is 58.1 Å². The van der Waals surface area contributed by atoms with Crippen LogP contribution in [0.2, 0.25) is 0 Å². The molecule has 0 aromatic carbocycles. The smallest absolute Gasteiger partial charge is 0.178 e. The van der Waals surface area contributed by atoms with Gasteiger partial charge < -0.3 is 14.6 Å². The van der Waals surface area contributed by atoms with Gasteiger partial charge >= 0.3 is 0 Å². The van der Waals surface area contributed by atoms with Crippen LogP contribution in [0.15, 0.2) is 23.8 Å². The van der Waals surface area contributed by atoms with Gasteiger partial charge in [0.2, 0.25) is 0 Å². The SMILES string of the molecule is CCSCC(=O)[C@@]12OC(C)(C)O[C@@H]1C[C@H]1[C@@H]3C[C@H](F)C4=CC(=O)C=C[C@@]4(C)[C@@]3(F)[C@@H](O)C[C@@]12C. The lowest BCUT2D eigenvalue weighted by Crippen LogP contribution is -2.71. The molecule has 1 saturated heterocycles. The molecule has 5 rings (SSSR count). The zero-order chi connectivity index (χ0) is 24.9. The molecular weight excluding hydrogens is 462 g/mol. The van der Waals surface area contributed by atoms with E-state index in [2.05, 4.69) is 0 Å². The number of carbonyl (C=O) groups is 2. The molecule has 5 aliphatic rings. The predicted octanol–water partition coefficient (Wildman–Crippen LogP) is 4.13. The third-order valence-electron chi connectivity index (χ3n) is 9.47. The van der Waals surface area contributed by atoms with Gasteiger partial charge in [0.1, 0.15) is 6.17 Å². The normalized spacial score (nSPS) is 50.8. The molecule has 34 heavy (non-hydrogen) atoms. The molecule has 4 aliphatic carbocycles. The number of hydrogen-bond acceptors (Lipinski definition) is 6. The van der Waals surface area contributed by atoms with Crippen LogP contribution in [0, 0.1) is 22.7 Å². The van der Waals surface area contributed by atoms with E-state index in [1.54, 1.807) is 20.8 Å². The Labute approximate surface area is 203 Å².